The highest BCUT2D eigenvalue weighted by Gasteiger charge is 2.21. The Hall–Kier alpha value is -1.76. The zero-order valence-corrected chi connectivity index (χ0v) is 13.0. The maximum Gasteiger partial charge on any atom is 0.233 e. The minimum absolute atomic E-state index is 0.142. The molecule has 0 aliphatic rings. The molecule has 0 bridgehead atoms. The lowest BCUT2D eigenvalue weighted by molar-refractivity contribution is 0.595. The van der Waals surface area contributed by atoms with Crippen molar-refractivity contribution in [1.82, 2.24) is 10.3 Å². The molecule has 0 aliphatic heterocycles. The van der Waals surface area contributed by atoms with E-state index in [1.807, 2.05) is 37.4 Å². The predicted octanol–water partition coefficient (Wildman–Crippen LogP) is 2.85. The van der Waals surface area contributed by atoms with Crippen molar-refractivity contribution in [2.24, 2.45) is 0 Å². The molecule has 1 aromatic heterocycles. The fourth-order valence-corrected chi connectivity index (χ4v) is 4.73. The lowest BCUT2D eigenvalue weighted by Crippen LogP contribution is -2.02. The van der Waals surface area contributed by atoms with Gasteiger partial charge < -0.3 is 5.32 Å². The molecule has 0 atom stereocenters. The van der Waals surface area contributed by atoms with Crippen LogP contribution in [0.15, 0.2) is 57.9 Å². The molecule has 1 N–H and O–H groups in total. The third-order valence-corrected chi connectivity index (χ3v) is 6.28. The average molecular weight is 318 g/mol. The summed E-state index contributed by atoms with van der Waals surface area (Å²) in [7, 11) is -1.73. The Morgan fingerprint density at radius 2 is 1.90 bits per heavy atom. The maximum atomic E-state index is 12.6. The standard InChI is InChI=1S/C15H14N2O2S2/c1-16-9-13-10-17-15(20-13)21(18,19)14-7-6-11-4-2-3-5-12(11)8-14/h2-8,10,16H,9H2,1H3. The van der Waals surface area contributed by atoms with Gasteiger partial charge in [-0.15, -0.1) is 11.3 Å². The first-order valence-corrected chi connectivity index (χ1v) is 8.74. The number of sulfone groups is 1. The highest BCUT2D eigenvalue weighted by atomic mass is 32.2. The van der Waals surface area contributed by atoms with Gasteiger partial charge in [0.05, 0.1) is 4.90 Å². The van der Waals surface area contributed by atoms with E-state index in [2.05, 4.69) is 10.3 Å². The molecule has 21 heavy (non-hydrogen) atoms. The summed E-state index contributed by atoms with van der Waals surface area (Å²) in [5.74, 6) is 0. The third kappa shape index (κ3) is 2.70. The van der Waals surface area contributed by atoms with Gasteiger partial charge in [-0.2, -0.15) is 0 Å². The summed E-state index contributed by atoms with van der Waals surface area (Å²) in [6, 6.07) is 12.8. The summed E-state index contributed by atoms with van der Waals surface area (Å²) in [6.45, 7) is 0.616. The van der Waals surface area contributed by atoms with Gasteiger partial charge in [0.15, 0.2) is 0 Å². The highest BCUT2D eigenvalue weighted by molar-refractivity contribution is 7.93. The first kappa shape index (κ1) is 14.2. The number of nitrogens with one attached hydrogen (secondary N) is 1. The second-order valence-electron chi connectivity index (χ2n) is 4.64. The van der Waals surface area contributed by atoms with Crippen molar-refractivity contribution in [2.75, 3.05) is 7.05 Å². The minimum Gasteiger partial charge on any atom is -0.315 e. The summed E-state index contributed by atoms with van der Waals surface area (Å²) in [4.78, 5) is 5.24. The van der Waals surface area contributed by atoms with Gasteiger partial charge in [0.2, 0.25) is 14.2 Å². The van der Waals surface area contributed by atoms with Crippen LogP contribution in [0.4, 0.5) is 0 Å². The average Bonchev–Trinajstić information content (AvgIpc) is 2.96. The number of hydrogen-bond donors (Lipinski definition) is 1. The van der Waals surface area contributed by atoms with Crippen LogP contribution >= 0.6 is 11.3 Å². The van der Waals surface area contributed by atoms with Gasteiger partial charge >= 0.3 is 0 Å². The largest absolute Gasteiger partial charge is 0.315 e. The van der Waals surface area contributed by atoms with Crippen LogP contribution in [0, 0.1) is 0 Å². The normalized spacial score (nSPS) is 11.9. The lowest BCUT2D eigenvalue weighted by Gasteiger charge is -2.03. The third-order valence-electron chi connectivity index (χ3n) is 3.14. The molecular weight excluding hydrogens is 304 g/mol. The quantitative estimate of drug-likeness (QED) is 0.803. The van der Waals surface area contributed by atoms with Crippen molar-refractivity contribution in [3.05, 3.63) is 53.5 Å². The zero-order chi connectivity index (χ0) is 14.9. The van der Waals surface area contributed by atoms with Crippen LogP contribution in [0.5, 0.6) is 0 Å². The van der Waals surface area contributed by atoms with Gasteiger partial charge in [-0.3, -0.25) is 0 Å². The van der Waals surface area contributed by atoms with Crippen LogP contribution in [0.25, 0.3) is 10.8 Å². The van der Waals surface area contributed by atoms with Gasteiger partial charge in [0, 0.05) is 17.6 Å². The second kappa shape index (κ2) is 5.55. The van der Waals surface area contributed by atoms with E-state index in [1.165, 1.54) is 11.3 Å². The van der Waals surface area contributed by atoms with Gasteiger partial charge in [0.1, 0.15) is 0 Å². The zero-order valence-electron chi connectivity index (χ0n) is 11.4. The molecule has 0 aliphatic carbocycles. The Morgan fingerprint density at radius 1 is 1.14 bits per heavy atom. The lowest BCUT2D eigenvalue weighted by atomic mass is 10.1. The van der Waals surface area contributed by atoms with E-state index in [1.54, 1.807) is 18.3 Å². The van der Waals surface area contributed by atoms with Crippen molar-refractivity contribution in [3.63, 3.8) is 0 Å². The molecule has 0 unspecified atom stereocenters. The van der Waals surface area contributed by atoms with Crippen molar-refractivity contribution >= 4 is 31.9 Å². The molecule has 0 spiro atoms. The number of fused-ring (bicyclic) bond motifs is 1. The number of rotatable bonds is 4. The molecule has 4 nitrogen and oxygen atoms in total. The monoisotopic (exact) mass is 318 g/mol. The Balaban J connectivity index is 2.06. The molecule has 0 saturated heterocycles. The molecule has 2 aromatic carbocycles. The van der Waals surface area contributed by atoms with Crippen molar-refractivity contribution in [3.8, 4) is 0 Å². The summed E-state index contributed by atoms with van der Waals surface area (Å²) in [6.07, 6.45) is 1.61. The van der Waals surface area contributed by atoms with Crippen LogP contribution in [-0.2, 0) is 16.4 Å². The Morgan fingerprint density at radius 3 is 2.67 bits per heavy atom. The van der Waals surface area contributed by atoms with Crippen LogP contribution in [-0.4, -0.2) is 20.4 Å². The van der Waals surface area contributed by atoms with E-state index in [-0.39, 0.29) is 9.24 Å². The van der Waals surface area contributed by atoms with Crippen LogP contribution in [0.1, 0.15) is 4.88 Å². The molecule has 0 fully saturated rings. The Bertz CT molecular complexity index is 885. The number of hydrogen-bond acceptors (Lipinski definition) is 5. The topological polar surface area (TPSA) is 59.1 Å². The van der Waals surface area contributed by atoms with E-state index in [4.69, 9.17) is 0 Å². The number of thiazole rings is 1. The number of aromatic nitrogens is 1. The van der Waals surface area contributed by atoms with E-state index in [0.29, 0.717) is 6.54 Å². The Kier molecular flexibility index (Phi) is 3.75. The molecule has 108 valence electrons. The summed E-state index contributed by atoms with van der Waals surface area (Å²) >= 11 is 1.20. The second-order valence-corrected chi connectivity index (χ2v) is 7.87. The molecule has 3 aromatic rings. The molecule has 0 saturated carbocycles. The fraction of sp³-hybridized carbons (Fsp3) is 0.133. The number of nitrogens with zero attached hydrogens (tertiary/aromatic N) is 1. The van der Waals surface area contributed by atoms with E-state index < -0.39 is 9.84 Å². The van der Waals surface area contributed by atoms with Gasteiger partial charge in [-0.1, -0.05) is 30.3 Å². The predicted molar refractivity (Wildman–Crippen MR) is 84.3 cm³/mol. The van der Waals surface area contributed by atoms with Crippen LogP contribution < -0.4 is 5.32 Å². The number of benzene rings is 2. The van der Waals surface area contributed by atoms with Gasteiger partial charge in [-0.25, -0.2) is 13.4 Å². The van der Waals surface area contributed by atoms with Crippen LogP contribution in [0.2, 0.25) is 0 Å². The molecule has 3 rings (SSSR count). The Labute approximate surface area is 127 Å². The first-order chi connectivity index (χ1) is 10.1. The fourth-order valence-electron chi connectivity index (χ4n) is 2.11. The van der Waals surface area contributed by atoms with Crippen molar-refractivity contribution in [2.45, 2.75) is 15.8 Å². The van der Waals surface area contributed by atoms with Crippen molar-refractivity contribution in [1.29, 1.82) is 0 Å². The summed E-state index contributed by atoms with van der Waals surface area (Å²) in [5, 5.41) is 4.92. The van der Waals surface area contributed by atoms with Crippen LogP contribution in [0.3, 0.4) is 0 Å². The molecule has 6 heteroatoms. The summed E-state index contributed by atoms with van der Waals surface area (Å²) < 4.78 is 25.4. The SMILES string of the molecule is CNCc1cnc(S(=O)(=O)c2ccc3ccccc3c2)s1. The molecule has 0 amide bonds. The maximum absolute atomic E-state index is 12.6. The van der Waals surface area contributed by atoms with E-state index >= 15 is 0 Å². The minimum atomic E-state index is -3.55. The van der Waals surface area contributed by atoms with Gasteiger partial charge in [0.25, 0.3) is 0 Å². The van der Waals surface area contributed by atoms with E-state index in [0.717, 1.165) is 15.6 Å². The smallest absolute Gasteiger partial charge is 0.233 e. The van der Waals surface area contributed by atoms with Gasteiger partial charge in [-0.05, 0) is 30.0 Å². The van der Waals surface area contributed by atoms with Crippen molar-refractivity contribution < 1.29 is 8.42 Å². The van der Waals surface area contributed by atoms with E-state index in [9.17, 15) is 8.42 Å². The summed E-state index contributed by atoms with van der Waals surface area (Å²) in [5.41, 5.74) is 0. The molecule has 0 radical (unpaired) electrons. The first-order valence-electron chi connectivity index (χ1n) is 6.44. The molecule has 1 heterocycles. The molecular formula is C15H14N2O2S2. The highest BCUT2D eigenvalue weighted by Crippen LogP contribution is 2.27.